The summed E-state index contributed by atoms with van der Waals surface area (Å²) in [7, 11) is 0. The minimum Gasteiger partial charge on any atom is -0.388 e. The molecule has 0 heterocycles. The molecule has 0 amide bonds. The molecule has 110 valence electrons. The second kappa shape index (κ2) is 6.76. The number of rotatable bonds is 3. The Morgan fingerprint density at radius 1 is 0.750 bits per heavy atom. The van der Waals surface area contributed by atoms with E-state index in [-0.39, 0.29) is 6.10 Å². The summed E-state index contributed by atoms with van der Waals surface area (Å²) in [6.07, 6.45) is 12.9. The quantitative estimate of drug-likeness (QED) is 0.786. The second-order valence-corrected chi connectivity index (χ2v) is 6.84. The highest BCUT2D eigenvalue weighted by Crippen LogP contribution is 2.38. The summed E-state index contributed by atoms with van der Waals surface area (Å²) in [5.74, 6) is 1.27. The third-order valence-electron chi connectivity index (χ3n) is 5.45. The molecular formula is C19H28O. The molecule has 2 fully saturated rings. The SMILES string of the molecule is OC(c1ccc(C2CCC2)cc1)C1CCCCCCC1. The maximum absolute atomic E-state index is 10.7. The summed E-state index contributed by atoms with van der Waals surface area (Å²) in [6.45, 7) is 0. The van der Waals surface area contributed by atoms with E-state index in [1.54, 1.807) is 0 Å². The maximum Gasteiger partial charge on any atom is 0.0818 e. The zero-order chi connectivity index (χ0) is 13.8. The lowest BCUT2D eigenvalue weighted by Gasteiger charge is -2.27. The molecule has 1 N–H and O–H groups in total. The van der Waals surface area contributed by atoms with Crippen molar-refractivity contribution in [1.29, 1.82) is 0 Å². The van der Waals surface area contributed by atoms with Crippen LogP contribution in [0.3, 0.4) is 0 Å². The first-order valence-corrected chi connectivity index (χ1v) is 8.62. The van der Waals surface area contributed by atoms with Crippen molar-refractivity contribution in [3.05, 3.63) is 35.4 Å². The summed E-state index contributed by atoms with van der Waals surface area (Å²) < 4.78 is 0. The van der Waals surface area contributed by atoms with Gasteiger partial charge >= 0.3 is 0 Å². The summed E-state index contributed by atoms with van der Waals surface area (Å²) >= 11 is 0. The Morgan fingerprint density at radius 3 is 1.90 bits per heavy atom. The van der Waals surface area contributed by atoms with Crippen LogP contribution in [0.5, 0.6) is 0 Å². The molecule has 1 aromatic rings. The maximum atomic E-state index is 10.7. The van der Waals surface area contributed by atoms with E-state index in [9.17, 15) is 5.11 Å². The third kappa shape index (κ3) is 3.25. The van der Waals surface area contributed by atoms with Crippen molar-refractivity contribution in [3.63, 3.8) is 0 Å². The van der Waals surface area contributed by atoms with E-state index >= 15 is 0 Å². The monoisotopic (exact) mass is 272 g/mol. The van der Waals surface area contributed by atoms with E-state index in [0.717, 1.165) is 11.5 Å². The summed E-state index contributed by atoms with van der Waals surface area (Å²) in [6, 6.07) is 8.87. The van der Waals surface area contributed by atoms with E-state index in [1.807, 2.05) is 0 Å². The van der Waals surface area contributed by atoms with Crippen LogP contribution < -0.4 is 0 Å². The zero-order valence-electron chi connectivity index (χ0n) is 12.6. The first kappa shape index (κ1) is 14.1. The highest BCUT2D eigenvalue weighted by atomic mass is 16.3. The second-order valence-electron chi connectivity index (χ2n) is 6.84. The predicted octanol–water partition coefficient (Wildman–Crippen LogP) is 5.35. The topological polar surface area (TPSA) is 20.2 Å². The van der Waals surface area contributed by atoms with Crippen LogP contribution in [-0.2, 0) is 0 Å². The predicted molar refractivity (Wildman–Crippen MR) is 83.8 cm³/mol. The van der Waals surface area contributed by atoms with E-state index in [1.165, 1.54) is 69.8 Å². The number of hydrogen-bond donors (Lipinski definition) is 1. The molecule has 0 bridgehead atoms. The fourth-order valence-corrected chi connectivity index (χ4v) is 3.78. The van der Waals surface area contributed by atoms with Crippen molar-refractivity contribution in [2.45, 2.75) is 76.2 Å². The lowest BCUT2D eigenvalue weighted by molar-refractivity contribution is 0.0912. The van der Waals surface area contributed by atoms with Crippen LogP contribution >= 0.6 is 0 Å². The van der Waals surface area contributed by atoms with Crippen molar-refractivity contribution in [2.24, 2.45) is 5.92 Å². The molecule has 20 heavy (non-hydrogen) atoms. The van der Waals surface area contributed by atoms with Gasteiger partial charge in [-0.15, -0.1) is 0 Å². The van der Waals surface area contributed by atoms with Gasteiger partial charge in [-0.25, -0.2) is 0 Å². The van der Waals surface area contributed by atoms with Gasteiger partial charge in [0.1, 0.15) is 0 Å². The van der Waals surface area contributed by atoms with E-state index in [4.69, 9.17) is 0 Å². The third-order valence-corrected chi connectivity index (χ3v) is 5.45. The zero-order valence-corrected chi connectivity index (χ0v) is 12.6. The Morgan fingerprint density at radius 2 is 1.35 bits per heavy atom. The Kier molecular flexibility index (Phi) is 4.77. The van der Waals surface area contributed by atoms with E-state index in [2.05, 4.69) is 24.3 Å². The van der Waals surface area contributed by atoms with Gasteiger partial charge in [0.05, 0.1) is 6.10 Å². The van der Waals surface area contributed by atoms with Crippen molar-refractivity contribution in [3.8, 4) is 0 Å². The first-order valence-electron chi connectivity index (χ1n) is 8.62. The number of benzene rings is 1. The Bertz CT molecular complexity index is 396. The van der Waals surface area contributed by atoms with Gasteiger partial charge < -0.3 is 5.11 Å². The fourth-order valence-electron chi connectivity index (χ4n) is 3.78. The molecule has 1 nitrogen and oxygen atoms in total. The molecule has 1 aromatic carbocycles. The first-order chi connectivity index (χ1) is 9.84. The lowest BCUT2D eigenvalue weighted by Crippen LogP contribution is -2.15. The van der Waals surface area contributed by atoms with Crippen LogP contribution in [0.4, 0.5) is 0 Å². The lowest BCUT2D eigenvalue weighted by atomic mass is 9.79. The molecule has 0 aromatic heterocycles. The van der Waals surface area contributed by atoms with Crippen LogP contribution in [0.2, 0.25) is 0 Å². The van der Waals surface area contributed by atoms with Crippen LogP contribution in [-0.4, -0.2) is 5.11 Å². The number of aliphatic hydroxyl groups is 1. The molecule has 3 rings (SSSR count). The minimum absolute atomic E-state index is 0.247. The highest BCUT2D eigenvalue weighted by molar-refractivity contribution is 5.28. The van der Waals surface area contributed by atoms with E-state index < -0.39 is 0 Å². The van der Waals surface area contributed by atoms with E-state index in [0.29, 0.717) is 5.92 Å². The summed E-state index contributed by atoms with van der Waals surface area (Å²) in [4.78, 5) is 0. The van der Waals surface area contributed by atoms with Crippen LogP contribution in [0.25, 0.3) is 0 Å². The average molecular weight is 272 g/mol. The molecule has 0 aliphatic heterocycles. The Hall–Kier alpha value is -0.820. The summed E-state index contributed by atoms with van der Waals surface area (Å²) in [5, 5.41) is 10.7. The number of hydrogen-bond acceptors (Lipinski definition) is 1. The highest BCUT2D eigenvalue weighted by Gasteiger charge is 2.23. The molecule has 0 saturated heterocycles. The van der Waals surface area contributed by atoms with Gasteiger partial charge in [-0.1, -0.05) is 62.8 Å². The van der Waals surface area contributed by atoms with Crippen LogP contribution in [0.15, 0.2) is 24.3 Å². The Labute approximate surface area is 123 Å². The smallest absolute Gasteiger partial charge is 0.0818 e. The normalized spacial score (nSPS) is 23.6. The van der Waals surface area contributed by atoms with Crippen molar-refractivity contribution in [1.82, 2.24) is 0 Å². The van der Waals surface area contributed by atoms with Gasteiger partial charge in [0, 0.05) is 0 Å². The van der Waals surface area contributed by atoms with Gasteiger partial charge in [-0.05, 0) is 48.6 Å². The van der Waals surface area contributed by atoms with Gasteiger partial charge in [0.15, 0.2) is 0 Å². The van der Waals surface area contributed by atoms with Gasteiger partial charge in [0.2, 0.25) is 0 Å². The summed E-state index contributed by atoms with van der Waals surface area (Å²) in [5.41, 5.74) is 2.61. The van der Waals surface area contributed by atoms with Gasteiger partial charge in [-0.2, -0.15) is 0 Å². The molecule has 0 spiro atoms. The minimum atomic E-state index is -0.247. The molecule has 1 heteroatoms. The van der Waals surface area contributed by atoms with Crippen molar-refractivity contribution in [2.75, 3.05) is 0 Å². The van der Waals surface area contributed by atoms with Crippen molar-refractivity contribution < 1.29 is 5.11 Å². The van der Waals surface area contributed by atoms with Crippen molar-refractivity contribution >= 4 is 0 Å². The molecule has 2 aliphatic rings. The van der Waals surface area contributed by atoms with Crippen LogP contribution in [0, 0.1) is 5.92 Å². The molecule has 2 saturated carbocycles. The molecule has 1 atom stereocenters. The fraction of sp³-hybridized carbons (Fsp3) is 0.684. The molecule has 0 radical (unpaired) electrons. The number of aliphatic hydroxyl groups excluding tert-OH is 1. The largest absolute Gasteiger partial charge is 0.388 e. The molecule has 2 aliphatic carbocycles. The molecule has 1 unspecified atom stereocenters. The van der Waals surface area contributed by atoms with Gasteiger partial charge in [0.25, 0.3) is 0 Å². The Balaban J connectivity index is 1.63. The average Bonchev–Trinajstić information content (AvgIpc) is 2.36. The standard InChI is InChI=1S/C19H28O/c20-19(17-7-4-2-1-3-5-8-17)18-13-11-16(12-14-18)15-9-6-10-15/h11-15,17,19-20H,1-10H2. The van der Waals surface area contributed by atoms with Gasteiger partial charge in [-0.3, -0.25) is 0 Å². The molecular weight excluding hydrogens is 244 g/mol. The van der Waals surface area contributed by atoms with Crippen LogP contribution in [0.1, 0.15) is 87.4 Å².